The molecule has 0 aromatic heterocycles. The van der Waals surface area contributed by atoms with Crippen LogP contribution in [0.3, 0.4) is 0 Å². The molecule has 1 amide bonds. The Morgan fingerprint density at radius 1 is 1.57 bits per heavy atom. The SMILES string of the molecule is NC(=NCC1CCC(=O)N1)NC1CC1. The molecule has 1 heterocycles. The van der Waals surface area contributed by atoms with Crippen molar-refractivity contribution in [2.24, 2.45) is 10.7 Å². The third-order valence-electron chi connectivity index (χ3n) is 2.50. The van der Waals surface area contributed by atoms with E-state index in [0.29, 0.717) is 25.0 Å². The van der Waals surface area contributed by atoms with Gasteiger partial charge in [-0.15, -0.1) is 0 Å². The summed E-state index contributed by atoms with van der Waals surface area (Å²) in [6, 6.07) is 0.721. The highest BCUT2D eigenvalue weighted by molar-refractivity contribution is 5.79. The molecule has 0 aromatic carbocycles. The monoisotopic (exact) mass is 196 g/mol. The van der Waals surface area contributed by atoms with Gasteiger partial charge in [-0.25, -0.2) is 0 Å². The Morgan fingerprint density at radius 3 is 2.93 bits per heavy atom. The number of guanidine groups is 1. The number of nitrogens with one attached hydrogen (secondary N) is 2. The Bertz CT molecular complexity index is 260. The Kier molecular flexibility index (Phi) is 2.56. The van der Waals surface area contributed by atoms with Gasteiger partial charge < -0.3 is 16.4 Å². The molecule has 0 aromatic rings. The molecule has 5 heteroatoms. The van der Waals surface area contributed by atoms with Gasteiger partial charge in [-0.05, 0) is 19.3 Å². The second-order valence-electron chi connectivity index (χ2n) is 3.95. The van der Waals surface area contributed by atoms with Crippen molar-refractivity contribution in [3.63, 3.8) is 0 Å². The minimum atomic E-state index is 0.124. The van der Waals surface area contributed by atoms with Crippen molar-refractivity contribution >= 4 is 11.9 Å². The zero-order chi connectivity index (χ0) is 9.97. The number of hydrogen-bond acceptors (Lipinski definition) is 2. The second-order valence-corrected chi connectivity index (χ2v) is 3.95. The summed E-state index contributed by atoms with van der Waals surface area (Å²) in [6.07, 6.45) is 3.88. The van der Waals surface area contributed by atoms with Crippen LogP contribution in [-0.2, 0) is 4.79 Å². The van der Waals surface area contributed by atoms with E-state index in [1.54, 1.807) is 0 Å². The van der Waals surface area contributed by atoms with Crippen molar-refractivity contribution in [1.29, 1.82) is 0 Å². The lowest BCUT2D eigenvalue weighted by molar-refractivity contribution is -0.119. The lowest BCUT2D eigenvalue weighted by atomic mass is 10.2. The summed E-state index contributed by atoms with van der Waals surface area (Å²) in [5.74, 6) is 0.632. The molecule has 5 nitrogen and oxygen atoms in total. The van der Waals surface area contributed by atoms with Crippen molar-refractivity contribution in [2.45, 2.75) is 37.8 Å². The Morgan fingerprint density at radius 2 is 2.36 bits per heavy atom. The quantitative estimate of drug-likeness (QED) is 0.414. The van der Waals surface area contributed by atoms with Crippen LogP contribution < -0.4 is 16.4 Å². The van der Waals surface area contributed by atoms with E-state index in [4.69, 9.17) is 5.73 Å². The number of rotatable bonds is 3. The number of carbonyl (C=O) groups is 1. The first-order valence-corrected chi connectivity index (χ1v) is 5.10. The van der Waals surface area contributed by atoms with E-state index in [1.165, 1.54) is 12.8 Å². The van der Waals surface area contributed by atoms with Gasteiger partial charge in [0.2, 0.25) is 5.91 Å². The summed E-state index contributed by atoms with van der Waals surface area (Å²) in [7, 11) is 0. The fourth-order valence-corrected chi connectivity index (χ4v) is 1.51. The molecule has 1 aliphatic carbocycles. The summed E-state index contributed by atoms with van der Waals surface area (Å²) < 4.78 is 0. The van der Waals surface area contributed by atoms with Crippen molar-refractivity contribution in [3.05, 3.63) is 0 Å². The van der Waals surface area contributed by atoms with Crippen LogP contribution in [0.2, 0.25) is 0 Å². The molecule has 2 aliphatic rings. The van der Waals surface area contributed by atoms with Crippen LogP contribution in [0.15, 0.2) is 4.99 Å². The van der Waals surface area contributed by atoms with Crippen molar-refractivity contribution in [1.82, 2.24) is 10.6 Å². The first-order valence-electron chi connectivity index (χ1n) is 5.10. The van der Waals surface area contributed by atoms with E-state index in [-0.39, 0.29) is 11.9 Å². The predicted octanol–water partition coefficient (Wildman–Crippen LogP) is -0.668. The Hall–Kier alpha value is -1.26. The van der Waals surface area contributed by atoms with E-state index >= 15 is 0 Å². The smallest absolute Gasteiger partial charge is 0.220 e. The van der Waals surface area contributed by atoms with Gasteiger partial charge in [0, 0.05) is 18.5 Å². The van der Waals surface area contributed by atoms with Crippen molar-refractivity contribution in [3.8, 4) is 0 Å². The fraction of sp³-hybridized carbons (Fsp3) is 0.778. The zero-order valence-corrected chi connectivity index (χ0v) is 8.12. The van der Waals surface area contributed by atoms with Gasteiger partial charge in [0.05, 0.1) is 6.54 Å². The molecular formula is C9H16N4O. The third kappa shape index (κ3) is 2.61. The minimum Gasteiger partial charge on any atom is -0.370 e. The third-order valence-corrected chi connectivity index (χ3v) is 2.50. The van der Waals surface area contributed by atoms with E-state index in [9.17, 15) is 4.79 Å². The average Bonchev–Trinajstić information content (AvgIpc) is 2.85. The number of amides is 1. The number of aliphatic imine (C=N–C) groups is 1. The van der Waals surface area contributed by atoms with Crippen LogP contribution in [-0.4, -0.2) is 30.5 Å². The van der Waals surface area contributed by atoms with E-state index in [0.717, 1.165) is 6.42 Å². The van der Waals surface area contributed by atoms with Gasteiger partial charge in [0.15, 0.2) is 5.96 Å². The summed E-state index contributed by atoms with van der Waals surface area (Å²) >= 11 is 0. The Balaban J connectivity index is 1.71. The molecule has 2 rings (SSSR count). The molecule has 14 heavy (non-hydrogen) atoms. The predicted molar refractivity (Wildman–Crippen MR) is 53.8 cm³/mol. The average molecular weight is 196 g/mol. The largest absolute Gasteiger partial charge is 0.370 e. The van der Waals surface area contributed by atoms with Gasteiger partial charge in [0.25, 0.3) is 0 Å². The molecule has 0 bridgehead atoms. The Labute approximate surface area is 83.1 Å². The first kappa shape index (κ1) is 9.30. The minimum absolute atomic E-state index is 0.124. The summed E-state index contributed by atoms with van der Waals surface area (Å²) in [5, 5.41) is 5.95. The number of nitrogens with two attached hydrogens (primary N) is 1. The van der Waals surface area contributed by atoms with Crippen molar-refractivity contribution < 1.29 is 4.79 Å². The molecule has 0 spiro atoms. The topological polar surface area (TPSA) is 79.5 Å². The van der Waals surface area contributed by atoms with Crippen LogP contribution in [0, 0.1) is 0 Å². The molecular weight excluding hydrogens is 180 g/mol. The lowest BCUT2D eigenvalue weighted by Crippen LogP contribution is -2.35. The molecule has 78 valence electrons. The van der Waals surface area contributed by atoms with Gasteiger partial charge in [-0.3, -0.25) is 9.79 Å². The zero-order valence-electron chi connectivity index (χ0n) is 8.12. The molecule has 1 aliphatic heterocycles. The lowest BCUT2D eigenvalue weighted by Gasteiger charge is -2.07. The van der Waals surface area contributed by atoms with Crippen LogP contribution in [0.25, 0.3) is 0 Å². The van der Waals surface area contributed by atoms with Crippen LogP contribution >= 0.6 is 0 Å². The molecule has 1 saturated heterocycles. The second kappa shape index (κ2) is 3.86. The maximum atomic E-state index is 10.9. The summed E-state index contributed by atoms with van der Waals surface area (Å²) in [4.78, 5) is 15.1. The fourth-order valence-electron chi connectivity index (χ4n) is 1.51. The maximum absolute atomic E-state index is 10.9. The normalized spacial score (nSPS) is 27.6. The van der Waals surface area contributed by atoms with Gasteiger partial charge in [-0.1, -0.05) is 0 Å². The molecule has 4 N–H and O–H groups in total. The number of nitrogens with zero attached hydrogens (tertiary/aromatic N) is 1. The highest BCUT2D eigenvalue weighted by Gasteiger charge is 2.22. The molecule has 0 radical (unpaired) electrons. The maximum Gasteiger partial charge on any atom is 0.220 e. The van der Waals surface area contributed by atoms with Crippen molar-refractivity contribution in [2.75, 3.05) is 6.54 Å². The van der Waals surface area contributed by atoms with E-state index in [1.807, 2.05) is 0 Å². The molecule has 1 atom stereocenters. The highest BCUT2D eigenvalue weighted by atomic mass is 16.1. The number of carbonyl (C=O) groups excluding carboxylic acids is 1. The highest BCUT2D eigenvalue weighted by Crippen LogP contribution is 2.18. The first-order chi connectivity index (χ1) is 6.74. The molecule has 1 unspecified atom stereocenters. The standard InChI is InChI=1S/C9H16N4O/c10-9(13-6-1-2-6)11-5-7-3-4-8(14)12-7/h6-7H,1-5H2,(H,12,14)(H3,10,11,13). The van der Waals surface area contributed by atoms with Crippen LogP contribution in [0.1, 0.15) is 25.7 Å². The van der Waals surface area contributed by atoms with Gasteiger partial charge in [0.1, 0.15) is 0 Å². The van der Waals surface area contributed by atoms with Gasteiger partial charge >= 0.3 is 0 Å². The number of hydrogen-bond donors (Lipinski definition) is 3. The van der Waals surface area contributed by atoms with E-state index < -0.39 is 0 Å². The molecule has 2 fully saturated rings. The van der Waals surface area contributed by atoms with Gasteiger partial charge in [-0.2, -0.15) is 0 Å². The summed E-state index contributed by atoms with van der Waals surface area (Å²) in [6.45, 7) is 0.595. The summed E-state index contributed by atoms with van der Waals surface area (Å²) in [5.41, 5.74) is 5.65. The van der Waals surface area contributed by atoms with E-state index in [2.05, 4.69) is 15.6 Å². The van der Waals surface area contributed by atoms with Crippen LogP contribution in [0.5, 0.6) is 0 Å². The van der Waals surface area contributed by atoms with Crippen LogP contribution in [0.4, 0.5) is 0 Å². The molecule has 1 saturated carbocycles.